The monoisotopic (exact) mass is 266 g/mol. The summed E-state index contributed by atoms with van der Waals surface area (Å²) in [7, 11) is 2.27. The quantitative estimate of drug-likeness (QED) is 0.885. The van der Waals surface area contributed by atoms with E-state index < -0.39 is 0 Å². The molecule has 18 heavy (non-hydrogen) atoms. The third-order valence-electron chi connectivity index (χ3n) is 4.52. The second-order valence-electron chi connectivity index (χ2n) is 5.70. The lowest BCUT2D eigenvalue weighted by Crippen LogP contribution is -2.44. The lowest BCUT2D eigenvalue weighted by Gasteiger charge is -2.40. The Bertz CT molecular complexity index is 336. The van der Waals surface area contributed by atoms with Crippen LogP contribution in [-0.4, -0.2) is 24.5 Å². The Balaban J connectivity index is 1.98. The molecule has 102 valence electrons. The van der Waals surface area contributed by atoms with Crippen molar-refractivity contribution in [2.45, 2.75) is 45.2 Å². The molecule has 1 heterocycles. The van der Waals surface area contributed by atoms with Crippen molar-refractivity contribution in [1.29, 1.82) is 0 Å². The van der Waals surface area contributed by atoms with Gasteiger partial charge in [-0.1, -0.05) is 19.8 Å². The first kappa shape index (κ1) is 14.0. The maximum absolute atomic E-state index is 5.97. The minimum atomic E-state index is 0.675. The summed E-state index contributed by atoms with van der Waals surface area (Å²) >= 11 is 1.79. The maximum atomic E-state index is 5.97. The Labute approximate surface area is 115 Å². The van der Waals surface area contributed by atoms with Gasteiger partial charge < -0.3 is 5.73 Å². The Morgan fingerprint density at radius 1 is 1.44 bits per heavy atom. The van der Waals surface area contributed by atoms with Gasteiger partial charge in [0.15, 0.2) is 0 Å². The standard InChI is InChI=1S/C15H26N2S/c1-3-12-4-5-14(9-16)15(8-12)17(2)10-13-6-7-18-11-13/h6-7,11-12,14-15H,3-5,8-10,16H2,1-2H3. The molecular formula is C15H26N2S. The molecule has 0 bridgehead atoms. The highest BCUT2D eigenvalue weighted by atomic mass is 32.1. The van der Waals surface area contributed by atoms with Crippen molar-refractivity contribution in [2.75, 3.05) is 13.6 Å². The van der Waals surface area contributed by atoms with Crippen molar-refractivity contribution in [3.8, 4) is 0 Å². The van der Waals surface area contributed by atoms with Crippen LogP contribution in [0.15, 0.2) is 16.8 Å². The summed E-state index contributed by atoms with van der Waals surface area (Å²) in [4.78, 5) is 2.53. The fourth-order valence-electron chi connectivity index (χ4n) is 3.27. The maximum Gasteiger partial charge on any atom is 0.0242 e. The number of thiophene rings is 1. The number of nitrogens with zero attached hydrogens (tertiary/aromatic N) is 1. The zero-order chi connectivity index (χ0) is 13.0. The van der Waals surface area contributed by atoms with Crippen molar-refractivity contribution >= 4 is 11.3 Å². The molecule has 0 saturated heterocycles. The van der Waals surface area contributed by atoms with E-state index in [2.05, 4.69) is 35.7 Å². The Hall–Kier alpha value is -0.380. The summed E-state index contributed by atoms with van der Waals surface area (Å²) < 4.78 is 0. The molecule has 0 radical (unpaired) electrons. The Kier molecular flexibility index (Phi) is 5.22. The van der Waals surface area contributed by atoms with Gasteiger partial charge in [-0.25, -0.2) is 0 Å². The highest BCUT2D eigenvalue weighted by Gasteiger charge is 2.31. The average Bonchev–Trinajstić information content (AvgIpc) is 2.90. The Morgan fingerprint density at radius 3 is 2.89 bits per heavy atom. The third kappa shape index (κ3) is 3.34. The number of rotatable bonds is 5. The van der Waals surface area contributed by atoms with Gasteiger partial charge in [0.05, 0.1) is 0 Å². The molecule has 2 nitrogen and oxygen atoms in total. The molecule has 0 aromatic carbocycles. The lowest BCUT2D eigenvalue weighted by atomic mass is 9.76. The molecule has 0 amide bonds. The fraction of sp³-hybridized carbons (Fsp3) is 0.733. The predicted molar refractivity (Wildman–Crippen MR) is 79.8 cm³/mol. The zero-order valence-electron chi connectivity index (χ0n) is 11.6. The number of hydrogen-bond acceptors (Lipinski definition) is 3. The SMILES string of the molecule is CCC1CCC(CN)C(N(C)Cc2ccsc2)C1. The molecule has 1 aromatic rings. The normalized spacial score (nSPS) is 28.8. The van der Waals surface area contributed by atoms with Gasteiger partial charge >= 0.3 is 0 Å². The lowest BCUT2D eigenvalue weighted by molar-refractivity contribution is 0.0966. The van der Waals surface area contributed by atoms with E-state index in [1.807, 2.05) is 0 Å². The highest BCUT2D eigenvalue weighted by molar-refractivity contribution is 7.07. The molecule has 0 spiro atoms. The van der Waals surface area contributed by atoms with E-state index >= 15 is 0 Å². The van der Waals surface area contributed by atoms with Gasteiger partial charge in [0.1, 0.15) is 0 Å². The van der Waals surface area contributed by atoms with Crippen LogP contribution < -0.4 is 5.73 Å². The minimum absolute atomic E-state index is 0.675. The molecule has 3 atom stereocenters. The van der Waals surface area contributed by atoms with E-state index in [1.54, 1.807) is 11.3 Å². The van der Waals surface area contributed by atoms with Crippen LogP contribution in [0.3, 0.4) is 0 Å². The molecule has 1 aliphatic rings. The van der Waals surface area contributed by atoms with E-state index in [4.69, 9.17) is 5.73 Å². The largest absolute Gasteiger partial charge is 0.330 e. The minimum Gasteiger partial charge on any atom is -0.330 e. The second-order valence-corrected chi connectivity index (χ2v) is 6.48. The number of nitrogens with two attached hydrogens (primary N) is 1. The van der Waals surface area contributed by atoms with Crippen molar-refractivity contribution < 1.29 is 0 Å². The van der Waals surface area contributed by atoms with Gasteiger partial charge in [0, 0.05) is 12.6 Å². The highest BCUT2D eigenvalue weighted by Crippen LogP contribution is 2.33. The van der Waals surface area contributed by atoms with Gasteiger partial charge in [0.2, 0.25) is 0 Å². The molecule has 2 N–H and O–H groups in total. The zero-order valence-corrected chi connectivity index (χ0v) is 12.5. The van der Waals surface area contributed by atoms with E-state index in [1.165, 1.54) is 31.2 Å². The summed E-state index contributed by atoms with van der Waals surface area (Å²) in [6, 6.07) is 2.91. The van der Waals surface area contributed by atoms with Crippen molar-refractivity contribution in [3.05, 3.63) is 22.4 Å². The van der Waals surface area contributed by atoms with E-state index in [-0.39, 0.29) is 0 Å². The molecule has 3 unspecified atom stereocenters. The van der Waals surface area contributed by atoms with E-state index in [0.717, 1.165) is 19.0 Å². The van der Waals surface area contributed by atoms with Gasteiger partial charge in [-0.2, -0.15) is 11.3 Å². The first-order valence-electron chi connectivity index (χ1n) is 7.16. The van der Waals surface area contributed by atoms with Gasteiger partial charge in [-0.05, 0) is 60.7 Å². The smallest absolute Gasteiger partial charge is 0.0242 e. The van der Waals surface area contributed by atoms with E-state index in [9.17, 15) is 0 Å². The molecule has 1 aromatic heterocycles. The first-order chi connectivity index (χ1) is 8.74. The summed E-state index contributed by atoms with van der Waals surface area (Å²) in [6.45, 7) is 4.24. The Morgan fingerprint density at radius 2 is 2.28 bits per heavy atom. The van der Waals surface area contributed by atoms with Crippen LogP contribution in [0.5, 0.6) is 0 Å². The van der Waals surface area contributed by atoms with Gasteiger partial charge in [-0.15, -0.1) is 0 Å². The molecule has 1 fully saturated rings. The van der Waals surface area contributed by atoms with Crippen molar-refractivity contribution in [2.24, 2.45) is 17.6 Å². The summed E-state index contributed by atoms with van der Waals surface area (Å²) in [6.07, 6.45) is 5.34. The van der Waals surface area contributed by atoms with Crippen LogP contribution in [0, 0.1) is 11.8 Å². The molecule has 1 aliphatic carbocycles. The summed E-state index contributed by atoms with van der Waals surface area (Å²) in [5, 5.41) is 4.42. The molecular weight excluding hydrogens is 240 g/mol. The van der Waals surface area contributed by atoms with Crippen LogP contribution in [0.1, 0.15) is 38.2 Å². The topological polar surface area (TPSA) is 29.3 Å². The second kappa shape index (κ2) is 6.69. The van der Waals surface area contributed by atoms with Crippen LogP contribution in [0.2, 0.25) is 0 Å². The first-order valence-corrected chi connectivity index (χ1v) is 8.10. The predicted octanol–water partition coefficient (Wildman–Crippen LogP) is 3.33. The van der Waals surface area contributed by atoms with Crippen LogP contribution >= 0.6 is 11.3 Å². The van der Waals surface area contributed by atoms with Crippen molar-refractivity contribution in [1.82, 2.24) is 4.90 Å². The molecule has 2 rings (SSSR count). The summed E-state index contributed by atoms with van der Waals surface area (Å²) in [5.74, 6) is 1.60. The van der Waals surface area contributed by atoms with E-state index in [0.29, 0.717) is 12.0 Å². The van der Waals surface area contributed by atoms with Gasteiger partial charge in [0.25, 0.3) is 0 Å². The summed E-state index contributed by atoms with van der Waals surface area (Å²) in [5.41, 5.74) is 7.41. The molecule has 1 saturated carbocycles. The van der Waals surface area contributed by atoms with Crippen molar-refractivity contribution in [3.63, 3.8) is 0 Å². The number of hydrogen-bond donors (Lipinski definition) is 1. The van der Waals surface area contributed by atoms with Gasteiger partial charge in [-0.3, -0.25) is 4.90 Å². The van der Waals surface area contributed by atoms with Crippen LogP contribution in [-0.2, 0) is 6.54 Å². The third-order valence-corrected chi connectivity index (χ3v) is 5.26. The molecule has 0 aliphatic heterocycles. The average molecular weight is 266 g/mol. The van der Waals surface area contributed by atoms with Crippen LogP contribution in [0.4, 0.5) is 0 Å². The van der Waals surface area contributed by atoms with Crippen LogP contribution in [0.25, 0.3) is 0 Å². The molecule has 3 heteroatoms. The fourth-order valence-corrected chi connectivity index (χ4v) is 3.93.